The van der Waals surface area contributed by atoms with Crippen molar-refractivity contribution < 1.29 is 9.42 Å². The van der Waals surface area contributed by atoms with E-state index in [4.69, 9.17) is 10.5 Å². The summed E-state index contributed by atoms with van der Waals surface area (Å²) in [6, 6.07) is 16.9. The number of amidine groups is 1. The van der Waals surface area contributed by atoms with E-state index >= 15 is 0 Å². The third kappa shape index (κ3) is 3.17. The fourth-order valence-electron chi connectivity index (χ4n) is 2.47. The molecule has 1 unspecified atom stereocenters. The van der Waals surface area contributed by atoms with Gasteiger partial charge >= 0.3 is 5.84 Å². The molecule has 2 aromatic carbocycles. The quantitative estimate of drug-likeness (QED) is 0.674. The van der Waals surface area contributed by atoms with Crippen LogP contribution in [0.15, 0.2) is 69.9 Å². The van der Waals surface area contributed by atoms with Crippen LogP contribution in [0.2, 0.25) is 0 Å². The molecular weight excluding hydrogens is 302 g/mol. The van der Waals surface area contributed by atoms with E-state index in [0.717, 1.165) is 29.3 Å². The molecule has 122 valence electrons. The number of ether oxygens (including phenoxy) is 1. The molecule has 0 aromatic heterocycles. The Morgan fingerprint density at radius 3 is 2.46 bits per heavy atom. The van der Waals surface area contributed by atoms with E-state index in [1.165, 1.54) is 0 Å². The molecule has 1 aliphatic rings. The molecule has 1 atom stereocenters. The lowest BCUT2D eigenvalue weighted by Gasteiger charge is -2.02. The average Bonchev–Trinajstić information content (AvgIpc) is 2.97. The average molecular weight is 322 g/mol. The second-order valence-electron chi connectivity index (χ2n) is 5.33. The molecule has 0 radical (unpaired) electrons. The number of hydrogen-bond donors (Lipinski definition) is 1. The lowest BCUT2D eigenvalue weighted by Crippen LogP contribution is -2.33. The van der Waals surface area contributed by atoms with E-state index in [2.05, 4.69) is 15.3 Å². The Labute approximate surface area is 141 Å². The summed E-state index contributed by atoms with van der Waals surface area (Å²) in [7, 11) is 1.63. The van der Waals surface area contributed by atoms with Gasteiger partial charge in [-0.05, 0) is 42.8 Å². The molecule has 1 aliphatic heterocycles. The Bertz CT molecular complexity index is 794. The van der Waals surface area contributed by atoms with Gasteiger partial charge in [-0.15, -0.1) is 0 Å². The molecule has 6 nitrogen and oxygen atoms in total. The fraction of sp³-hybridized carbons (Fsp3) is 0.222. The molecule has 3 rings (SSSR count). The molecule has 0 bridgehead atoms. The minimum Gasteiger partial charge on any atom is -0.497 e. The zero-order valence-electron chi connectivity index (χ0n) is 13.8. The molecule has 0 aliphatic carbocycles. The molecule has 2 aromatic rings. The van der Waals surface area contributed by atoms with Crippen molar-refractivity contribution in [3.8, 4) is 5.75 Å². The molecular formula is C18H20N5O+. The van der Waals surface area contributed by atoms with Crippen molar-refractivity contribution in [2.75, 3.05) is 7.11 Å². The van der Waals surface area contributed by atoms with Crippen molar-refractivity contribution >= 4 is 22.9 Å². The van der Waals surface area contributed by atoms with Crippen molar-refractivity contribution in [3.63, 3.8) is 0 Å². The van der Waals surface area contributed by atoms with Gasteiger partial charge in [-0.2, -0.15) is 10.2 Å². The van der Waals surface area contributed by atoms with Crippen molar-refractivity contribution in [1.29, 1.82) is 0 Å². The Morgan fingerprint density at radius 2 is 1.83 bits per heavy atom. The maximum absolute atomic E-state index is 6.29. The number of hydrazone groups is 1. The van der Waals surface area contributed by atoms with Crippen LogP contribution in [-0.4, -0.2) is 29.4 Å². The van der Waals surface area contributed by atoms with E-state index in [0.29, 0.717) is 5.84 Å². The van der Waals surface area contributed by atoms with Gasteiger partial charge < -0.3 is 4.74 Å². The third-order valence-electron chi connectivity index (χ3n) is 3.79. The van der Waals surface area contributed by atoms with Gasteiger partial charge in [-0.1, -0.05) is 34.9 Å². The first-order valence-electron chi connectivity index (χ1n) is 7.82. The van der Waals surface area contributed by atoms with Crippen LogP contribution in [-0.2, 0) is 0 Å². The SMILES string of the molecule is CCC1=N[N+](c2ccccc2)=C(N)C1N=Nc1ccc(OC)cc1. The molecule has 0 fully saturated rings. The second-order valence-corrected chi connectivity index (χ2v) is 5.33. The Kier molecular flexibility index (Phi) is 4.65. The minimum atomic E-state index is -0.336. The topological polar surface area (TPSA) is 75.3 Å². The monoisotopic (exact) mass is 322 g/mol. The number of benzene rings is 2. The van der Waals surface area contributed by atoms with Crippen LogP contribution in [0.25, 0.3) is 0 Å². The van der Waals surface area contributed by atoms with Gasteiger partial charge in [-0.25, -0.2) is 0 Å². The lowest BCUT2D eigenvalue weighted by molar-refractivity contribution is -0.443. The van der Waals surface area contributed by atoms with Gasteiger partial charge in [0.25, 0.3) is 0 Å². The van der Waals surface area contributed by atoms with Crippen molar-refractivity contribution in [2.24, 2.45) is 21.1 Å². The fourth-order valence-corrected chi connectivity index (χ4v) is 2.47. The van der Waals surface area contributed by atoms with Crippen LogP contribution in [0.3, 0.4) is 0 Å². The molecule has 0 amide bonds. The minimum absolute atomic E-state index is 0.336. The van der Waals surface area contributed by atoms with Crippen LogP contribution in [0.4, 0.5) is 11.4 Å². The van der Waals surface area contributed by atoms with Crippen molar-refractivity contribution in [2.45, 2.75) is 19.4 Å². The summed E-state index contributed by atoms with van der Waals surface area (Å²) in [6.45, 7) is 2.04. The number of nitrogens with zero attached hydrogens (tertiary/aromatic N) is 4. The van der Waals surface area contributed by atoms with Crippen LogP contribution >= 0.6 is 0 Å². The highest BCUT2D eigenvalue weighted by Gasteiger charge is 2.34. The van der Waals surface area contributed by atoms with Crippen molar-refractivity contribution in [3.05, 3.63) is 54.6 Å². The van der Waals surface area contributed by atoms with Gasteiger partial charge in [0.15, 0.2) is 5.69 Å². The van der Waals surface area contributed by atoms with E-state index < -0.39 is 0 Å². The Hall–Kier alpha value is -3.02. The summed E-state index contributed by atoms with van der Waals surface area (Å²) in [5.74, 6) is 1.35. The lowest BCUT2D eigenvalue weighted by atomic mass is 10.1. The zero-order chi connectivity index (χ0) is 16.9. The van der Waals surface area contributed by atoms with Gasteiger partial charge in [0, 0.05) is 0 Å². The van der Waals surface area contributed by atoms with Crippen LogP contribution in [0.1, 0.15) is 13.3 Å². The predicted octanol–water partition coefficient (Wildman–Crippen LogP) is 3.63. The highest BCUT2D eigenvalue weighted by atomic mass is 16.5. The normalized spacial score (nSPS) is 17.4. The smallest absolute Gasteiger partial charge is 0.306 e. The number of azo groups is 1. The van der Waals surface area contributed by atoms with Gasteiger partial charge in [0.05, 0.1) is 12.8 Å². The molecule has 24 heavy (non-hydrogen) atoms. The van der Waals surface area contributed by atoms with Gasteiger partial charge in [0.2, 0.25) is 6.04 Å². The Balaban J connectivity index is 1.87. The van der Waals surface area contributed by atoms with Gasteiger partial charge in [0.1, 0.15) is 11.5 Å². The van der Waals surface area contributed by atoms with E-state index in [9.17, 15) is 0 Å². The summed E-state index contributed by atoms with van der Waals surface area (Å²) in [5, 5.41) is 13.3. The number of para-hydroxylation sites is 1. The van der Waals surface area contributed by atoms with Crippen LogP contribution < -0.4 is 10.5 Å². The van der Waals surface area contributed by atoms with E-state index in [1.807, 2.05) is 61.5 Å². The summed E-state index contributed by atoms with van der Waals surface area (Å²) in [6.07, 6.45) is 0.760. The maximum Gasteiger partial charge on any atom is 0.306 e. The number of rotatable bonds is 5. The largest absolute Gasteiger partial charge is 0.497 e. The highest BCUT2D eigenvalue weighted by molar-refractivity contribution is 6.10. The molecule has 0 saturated carbocycles. The molecule has 1 heterocycles. The Morgan fingerprint density at radius 1 is 1.12 bits per heavy atom. The van der Waals surface area contributed by atoms with Crippen LogP contribution in [0.5, 0.6) is 5.75 Å². The first-order chi connectivity index (χ1) is 11.7. The number of nitrogens with two attached hydrogens (primary N) is 1. The predicted molar refractivity (Wildman–Crippen MR) is 94.6 cm³/mol. The van der Waals surface area contributed by atoms with Crippen LogP contribution in [0, 0.1) is 0 Å². The summed E-state index contributed by atoms with van der Waals surface area (Å²) >= 11 is 0. The number of methoxy groups -OCH3 is 1. The zero-order valence-corrected chi connectivity index (χ0v) is 13.8. The summed E-state index contributed by atoms with van der Waals surface area (Å²) in [5.41, 5.74) is 8.85. The first-order valence-corrected chi connectivity index (χ1v) is 7.82. The highest BCUT2D eigenvalue weighted by Crippen LogP contribution is 2.21. The molecule has 2 N–H and O–H groups in total. The summed E-state index contributed by atoms with van der Waals surface area (Å²) < 4.78 is 6.87. The molecule has 0 saturated heterocycles. The van der Waals surface area contributed by atoms with Gasteiger partial charge in [-0.3, -0.25) is 5.73 Å². The van der Waals surface area contributed by atoms with Crippen molar-refractivity contribution in [1.82, 2.24) is 0 Å². The van der Waals surface area contributed by atoms with E-state index in [1.54, 1.807) is 11.8 Å². The third-order valence-corrected chi connectivity index (χ3v) is 3.79. The standard InChI is InChI=1S/C18H19N5O/c1-3-16-17(21-20-13-9-11-15(24-2)12-10-13)18(19)23(22-16)14-7-5-4-6-8-14/h4-12,17,19H,3H2,1-2H3/p+1. The first kappa shape index (κ1) is 15.9. The summed E-state index contributed by atoms with van der Waals surface area (Å²) in [4.78, 5) is 0. The van der Waals surface area contributed by atoms with E-state index in [-0.39, 0.29) is 6.04 Å². The second kappa shape index (κ2) is 7.04. The maximum atomic E-state index is 6.29. The molecule has 6 heteroatoms. The number of hydrogen-bond acceptors (Lipinski definition) is 5. The molecule has 0 spiro atoms.